The SMILES string of the molecule is COc1c(Cl)cc(C(CC(=O)O)C2CC2)c(OC)c1C. The van der Waals surface area contributed by atoms with E-state index in [0.29, 0.717) is 22.4 Å². The molecule has 0 heterocycles. The van der Waals surface area contributed by atoms with Crippen molar-refractivity contribution in [3.8, 4) is 11.5 Å². The average molecular weight is 299 g/mol. The van der Waals surface area contributed by atoms with Crippen LogP contribution in [0.5, 0.6) is 11.5 Å². The summed E-state index contributed by atoms with van der Waals surface area (Å²) in [5.41, 5.74) is 1.69. The highest BCUT2D eigenvalue weighted by Gasteiger charge is 2.36. The number of aliphatic carboxylic acids is 1. The second-order valence-corrected chi connectivity index (χ2v) is 5.59. The van der Waals surface area contributed by atoms with E-state index in [1.165, 1.54) is 0 Å². The van der Waals surface area contributed by atoms with E-state index in [2.05, 4.69) is 0 Å². The van der Waals surface area contributed by atoms with Crippen molar-refractivity contribution in [3.63, 3.8) is 0 Å². The zero-order chi connectivity index (χ0) is 14.9. The molecule has 1 unspecified atom stereocenters. The first-order valence-electron chi connectivity index (χ1n) is 6.62. The lowest BCUT2D eigenvalue weighted by Crippen LogP contribution is -2.11. The molecule has 0 aliphatic heterocycles. The second kappa shape index (κ2) is 5.92. The monoisotopic (exact) mass is 298 g/mol. The molecule has 1 aliphatic carbocycles. The Labute approximate surface area is 123 Å². The summed E-state index contributed by atoms with van der Waals surface area (Å²) in [4.78, 5) is 11.1. The molecule has 0 spiro atoms. The first-order valence-corrected chi connectivity index (χ1v) is 7.00. The van der Waals surface area contributed by atoms with Crippen LogP contribution in [0.3, 0.4) is 0 Å². The van der Waals surface area contributed by atoms with Crippen molar-refractivity contribution in [2.45, 2.75) is 32.1 Å². The number of hydrogen-bond donors (Lipinski definition) is 1. The number of halogens is 1. The lowest BCUT2D eigenvalue weighted by molar-refractivity contribution is -0.137. The second-order valence-electron chi connectivity index (χ2n) is 5.18. The number of carboxylic acid groups (broad SMARTS) is 1. The Bertz CT molecular complexity index is 523. The van der Waals surface area contributed by atoms with Gasteiger partial charge in [-0.3, -0.25) is 4.79 Å². The molecule has 0 amide bonds. The predicted molar refractivity (Wildman–Crippen MR) is 77.0 cm³/mol. The van der Waals surface area contributed by atoms with E-state index in [0.717, 1.165) is 24.0 Å². The molecule has 2 rings (SSSR count). The summed E-state index contributed by atoms with van der Waals surface area (Å²) in [5, 5.41) is 9.62. The average Bonchev–Trinajstić information content (AvgIpc) is 3.20. The highest BCUT2D eigenvalue weighted by atomic mass is 35.5. The van der Waals surface area contributed by atoms with Crippen molar-refractivity contribution in [1.29, 1.82) is 0 Å². The number of rotatable bonds is 6. The fourth-order valence-corrected chi connectivity index (χ4v) is 3.12. The van der Waals surface area contributed by atoms with Crippen LogP contribution in [0.1, 0.15) is 36.3 Å². The van der Waals surface area contributed by atoms with Crippen molar-refractivity contribution in [1.82, 2.24) is 0 Å². The minimum absolute atomic E-state index is 0.0513. The maximum absolute atomic E-state index is 11.1. The van der Waals surface area contributed by atoms with E-state index in [1.807, 2.05) is 6.92 Å². The van der Waals surface area contributed by atoms with Gasteiger partial charge in [-0.1, -0.05) is 11.6 Å². The minimum Gasteiger partial charge on any atom is -0.496 e. The molecule has 20 heavy (non-hydrogen) atoms. The number of carbonyl (C=O) groups is 1. The van der Waals surface area contributed by atoms with Gasteiger partial charge in [-0.15, -0.1) is 0 Å². The summed E-state index contributed by atoms with van der Waals surface area (Å²) < 4.78 is 10.8. The highest BCUT2D eigenvalue weighted by Crippen LogP contribution is 2.50. The first-order chi connectivity index (χ1) is 9.49. The molecule has 0 aromatic heterocycles. The van der Waals surface area contributed by atoms with E-state index in [1.54, 1.807) is 20.3 Å². The first kappa shape index (κ1) is 15.0. The van der Waals surface area contributed by atoms with Gasteiger partial charge in [0.1, 0.15) is 11.5 Å². The maximum Gasteiger partial charge on any atom is 0.303 e. The summed E-state index contributed by atoms with van der Waals surface area (Å²) in [6.45, 7) is 1.87. The minimum atomic E-state index is -0.798. The van der Waals surface area contributed by atoms with Gasteiger partial charge in [0.05, 0.1) is 25.7 Å². The van der Waals surface area contributed by atoms with Crippen LogP contribution in [-0.4, -0.2) is 25.3 Å². The third-order valence-corrected chi connectivity index (χ3v) is 4.12. The van der Waals surface area contributed by atoms with Gasteiger partial charge in [-0.05, 0) is 31.7 Å². The van der Waals surface area contributed by atoms with Crippen molar-refractivity contribution in [3.05, 3.63) is 22.2 Å². The Morgan fingerprint density at radius 3 is 2.45 bits per heavy atom. The van der Waals surface area contributed by atoms with E-state index in [4.69, 9.17) is 26.2 Å². The van der Waals surface area contributed by atoms with Crippen LogP contribution in [0, 0.1) is 12.8 Å². The van der Waals surface area contributed by atoms with Crippen LogP contribution >= 0.6 is 11.6 Å². The molecule has 0 radical (unpaired) electrons. The normalized spacial score (nSPS) is 15.8. The van der Waals surface area contributed by atoms with Gasteiger partial charge >= 0.3 is 5.97 Å². The fourth-order valence-electron chi connectivity index (χ4n) is 2.78. The van der Waals surface area contributed by atoms with Gasteiger partial charge in [-0.2, -0.15) is 0 Å². The molecule has 0 saturated heterocycles. The van der Waals surface area contributed by atoms with E-state index < -0.39 is 5.97 Å². The van der Waals surface area contributed by atoms with Crippen molar-refractivity contribution in [2.75, 3.05) is 14.2 Å². The number of methoxy groups -OCH3 is 2. The van der Waals surface area contributed by atoms with E-state index in [9.17, 15) is 4.79 Å². The third kappa shape index (κ3) is 2.85. The molecule has 1 aliphatic rings. The van der Waals surface area contributed by atoms with Crippen LogP contribution in [-0.2, 0) is 4.79 Å². The summed E-state index contributed by atoms with van der Waals surface area (Å²) in [6, 6.07) is 1.79. The Hall–Kier alpha value is -1.42. The zero-order valence-corrected chi connectivity index (χ0v) is 12.7. The Morgan fingerprint density at radius 1 is 1.40 bits per heavy atom. The fraction of sp³-hybridized carbons (Fsp3) is 0.533. The molecular formula is C15H19ClO4. The lowest BCUT2D eigenvalue weighted by atomic mass is 9.89. The molecule has 1 saturated carbocycles. The molecule has 1 aromatic carbocycles. The van der Waals surface area contributed by atoms with Crippen LogP contribution in [0.4, 0.5) is 0 Å². The molecule has 1 N–H and O–H groups in total. The Balaban J connectivity index is 2.50. The summed E-state index contributed by atoms with van der Waals surface area (Å²) >= 11 is 6.24. The molecule has 1 aromatic rings. The summed E-state index contributed by atoms with van der Waals surface area (Å²) in [5.74, 6) is 0.823. The van der Waals surface area contributed by atoms with Crippen LogP contribution < -0.4 is 9.47 Å². The quantitative estimate of drug-likeness (QED) is 0.871. The third-order valence-electron chi connectivity index (χ3n) is 3.84. The number of benzene rings is 1. The standard InChI is InChI=1S/C15H19ClO4/c1-8-14(19-2)11(6-12(16)15(8)20-3)10(7-13(17)18)9-4-5-9/h6,9-10H,4-5,7H2,1-3H3,(H,17,18). The molecule has 110 valence electrons. The van der Waals surface area contributed by atoms with Gasteiger partial charge in [0.15, 0.2) is 0 Å². The largest absolute Gasteiger partial charge is 0.496 e. The Kier molecular flexibility index (Phi) is 4.43. The molecular weight excluding hydrogens is 280 g/mol. The predicted octanol–water partition coefficient (Wildman–Crippen LogP) is 3.63. The van der Waals surface area contributed by atoms with Gasteiger partial charge in [-0.25, -0.2) is 0 Å². The number of hydrogen-bond acceptors (Lipinski definition) is 3. The highest BCUT2D eigenvalue weighted by molar-refractivity contribution is 6.32. The van der Waals surface area contributed by atoms with Crippen LogP contribution in [0.2, 0.25) is 5.02 Å². The summed E-state index contributed by atoms with van der Waals surface area (Å²) in [7, 11) is 3.15. The smallest absolute Gasteiger partial charge is 0.303 e. The summed E-state index contributed by atoms with van der Waals surface area (Å²) in [6.07, 6.45) is 2.22. The zero-order valence-electron chi connectivity index (χ0n) is 11.9. The maximum atomic E-state index is 11.1. The molecule has 1 atom stereocenters. The Morgan fingerprint density at radius 2 is 2.00 bits per heavy atom. The van der Waals surface area contributed by atoms with Crippen molar-refractivity contribution in [2.24, 2.45) is 5.92 Å². The molecule has 4 nitrogen and oxygen atoms in total. The van der Waals surface area contributed by atoms with E-state index >= 15 is 0 Å². The van der Waals surface area contributed by atoms with Crippen molar-refractivity contribution < 1.29 is 19.4 Å². The number of ether oxygens (including phenoxy) is 2. The van der Waals surface area contributed by atoms with Gasteiger partial charge in [0.25, 0.3) is 0 Å². The van der Waals surface area contributed by atoms with Crippen LogP contribution in [0.15, 0.2) is 6.07 Å². The van der Waals surface area contributed by atoms with E-state index in [-0.39, 0.29) is 12.3 Å². The van der Waals surface area contributed by atoms with Crippen molar-refractivity contribution >= 4 is 17.6 Å². The molecule has 1 fully saturated rings. The number of carboxylic acids is 1. The lowest BCUT2D eigenvalue weighted by Gasteiger charge is -2.21. The van der Waals surface area contributed by atoms with Gasteiger partial charge in [0.2, 0.25) is 0 Å². The topological polar surface area (TPSA) is 55.8 Å². The van der Waals surface area contributed by atoms with Gasteiger partial charge in [0, 0.05) is 17.0 Å². The van der Waals surface area contributed by atoms with Crippen LogP contribution in [0.25, 0.3) is 0 Å². The molecule has 0 bridgehead atoms. The molecule has 5 heteroatoms. The van der Waals surface area contributed by atoms with Gasteiger partial charge < -0.3 is 14.6 Å².